The lowest BCUT2D eigenvalue weighted by Gasteiger charge is -2.29. The van der Waals surface area contributed by atoms with E-state index in [2.05, 4.69) is 33.0 Å². The summed E-state index contributed by atoms with van der Waals surface area (Å²) in [6.45, 7) is 10.3. The van der Waals surface area contributed by atoms with Crippen molar-refractivity contribution in [2.24, 2.45) is 5.92 Å². The minimum atomic E-state index is 0.0717. The van der Waals surface area contributed by atoms with Gasteiger partial charge >= 0.3 is 0 Å². The first-order valence-electron chi connectivity index (χ1n) is 8.29. The number of fused-ring (bicyclic) bond motifs is 1. The molecule has 0 aromatic carbocycles. The second-order valence-electron chi connectivity index (χ2n) is 6.79. The maximum absolute atomic E-state index is 5.01. The van der Waals surface area contributed by atoms with Crippen LogP contribution in [0.2, 0.25) is 0 Å². The number of thiazole rings is 1. The standard InChI is InChI=1S/C17H30N2S/c1-5-12-18-17(4,11-10-13(2)3)16-19-14-8-6-7-9-15(14)20-16/h13,18H,5-12H2,1-4H3. The van der Waals surface area contributed by atoms with Gasteiger partial charge in [0, 0.05) is 4.88 Å². The molecule has 0 aliphatic heterocycles. The number of rotatable bonds is 7. The van der Waals surface area contributed by atoms with Crippen molar-refractivity contribution < 1.29 is 0 Å². The molecule has 1 heterocycles. The molecular formula is C17H30N2S. The molecule has 2 nitrogen and oxygen atoms in total. The van der Waals surface area contributed by atoms with Crippen molar-refractivity contribution in [1.82, 2.24) is 10.3 Å². The lowest BCUT2D eigenvalue weighted by molar-refractivity contribution is 0.311. The predicted octanol–water partition coefficient (Wildman–Crippen LogP) is 4.67. The number of aryl methyl sites for hydroxylation is 2. The van der Waals surface area contributed by atoms with Crippen LogP contribution >= 0.6 is 11.3 Å². The second-order valence-corrected chi connectivity index (χ2v) is 7.87. The van der Waals surface area contributed by atoms with E-state index in [9.17, 15) is 0 Å². The Labute approximate surface area is 128 Å². The van der Waals surface area contributed by atoms with Crippen LogP contribution in [0.1, 0.15) is 75.4 Å². The van der Waals surface area contributed by atoms with Crippen LogP contribution in [-0.4, -0.2) is 11.5 Å². The average Bonchev–Trinajstić information content (AvgIpc) is 2.87. The van der Waals surface area contributed by atoms with Crippen LogP contribution in [-0.2, 0) is 18.4 Å². The number of hydrogen-bond acceptors (Lipinski definition) is 3. The van der Waals surface area contributed by atoms with Gasteiger partial charge in [-0.15, -0.1) is 11.3 Å². The molecule has 0 saturated carbocycles. The fourth-order valence-electron chi connectivity index (χ4n) is 2.84. The molecule has 0 amide bonds. The molecule has 3 heteroatoms. The van der Waals surface area contributed by atoms with Gasteiger partial charge in [0.05, 0.1) is 11.2 Å². The van der Waals surface area contributed by atoms with Gasteiger partial charge in [-0.05, 0) is 64.3 Å². The van der Waals surface area contributed by atoms with E-state index in [1.54, 1.807) is 4.88 Å². The summed E-state index contributed by atoms with van der Waals surface area (Å²) < 4.78 is 0. The molecule has 1 aromatic heterocycles. The largest absolute Gasteiger partial charge is 0.306 e. The smallest absolute Gasteiger partial charge is 0.113 e. The maximum Gasteiger partial charge on any atom is 0.113 e. The third-order valence-electron chi connectivity index (χ3n) is 4.30. The van der Waals surface area contributed by atoms with Crippen molar-refractivity contribution in [3.63, 3.8) is 0 Å². The molecule has 1 aliphatic rings. The molecule has 1 aromatic rings. The van der Waals surface area contributed by atoms with Crippen molar-refractivity contribution in [3.8, 4) is 0 Å². The number of aromatic nitrogens is 1. The summed E-state index contributed by atoms with van der Waals surface area (Å²) in [5.74, 6) is 0.757. The summed E-state index contributed by atoms with van der Waals surface area (Å²) in [6, 6.07) is 0. The van der Waals surface area contributed by atoms with Crippen LogP contribution in [0, 0.1) is 5.92 Å². The van der Waals surface area contributed by atoms with Crippen molar-refractivity contribution >= 4 is 11.3 Å². The van der Waals surface area contributed by atoms with E-state index >= 15 is 0 Å². The lowest BCUT2D eigenvalue weighted by atomic mass is 9.92. The quantitative estimate of drug-likeness (QED) is 0.790. The van der Waals surface area contributed by atoms with Crippen molar-refractivity contribution in [2.75, 3.05) is 6.54 Å². The topological polar surface area (TPSA) is 24.9 Å². The summed E-state index contributed by atoms with van der Waals surface area (Å²) in [7, 11) is 0. The number of hydrogen-bond donors (Lipinski definition) is 1. The molecule has 2 rings (SSSR count). The summed E-state index contributed by atoms with van der Waals surface area (Å²) >= 11 is 1.97. The van der Waals surface area contributed by atoms with Gasteiger partial charge in [0.2, 0.25) is 0 Å². The van der Waals surface area contributed by atoms with Crippen LogP contribution in [0.5, 0.6) is 0 Å². The molecular weight excluding hydrogens is 264 g/mol. The van der Waals surface area contributed by atoms with Gasteiger partial charge < -0.3 is 5.32 Å². The van der Waals surface area contributed by atoms with Crippen LogP contribution in [0.3, 0.4) is 0 Å². The van der Waals surface area contributed by atoms with Gasteiger partial charge in [-0.1, -0.05) is 20.8 Å². The van der Waals surface area contributed by atoms with E-state index in [1.807, 2.05) is 11.3 Å². The Kier molecular flexibility index (Phi) is 5.62. The second kappa shape index (κ2) is 7.04. The third-order valence-corrected chi connectivity index (χ3v) is 5.73. The van der Waals surface area contributed by atoms with Crippen molar-refractivity contribution in [3.05, 3.63) is 15.6 Å². The Bertz CT molecular complexity index is 401. The molecule has 1 unspecified atom stereocenters. The van der Waals surface area contributed by atoms with E-state index in [4.69, 9.17) is 4.98 Å². The van der Waals surface area contributed by atoms with E-state index in [-0.39, 0.29) is 5.54 Å². The Morgan fingerprint density at radius 1 is 1.30 bits per heavy atom. The van der Waals surface area contributed by atoms with Crippen LogP contribution in [0.25, 0.3) is 0 Å². The molecule has 0 fully saturated rings. The van der Waals surface area contributed by atoms with E-state index in [0.29, 0.717) is 0 Å². The van der Waals surface area contributed by atoms with Crippen molar-refractivity contribution in [2.45, 2.75) is 78.2 Å². The molecule has 0 bridgehead atoms. The highest BCUT2D eigenvalue weighted by atomic mass is 32.1. The van der Waals surface area contributed by atoms with Gasteiger partial charge in [-0.3, -0.25) is 0 Å². The minimum Gasteiger partial charge on any atom is -0.306 e. The molecule has 1 N–H and O–H groups in total. The molecule has 1 aliphatic carbocycles. The van der Waals surface area contributed by atoms with Gasteiger partial charge in [-0.25, -0.2) is 4.98 Å². The van der Waals surface area contributed by atoms with Gasteiger partial charge in [0.15, 0.2) is 0 Å². The Morgan fingerprint density at radius 3 is 2.70 bits per heavy atom. The Balaban J connectivity index is 2.18. The zero-order valence-corrected chi connectivity index (χ0v) is 14.4. The SMILES string of the molecule is CCCNC(C)(CCC(C)C)c1nc2c(s1)CCCC2. The van der Waals surface area contributed by atoms with Crippen molar-refractivity contribution in [1.29, 1.82) is 0 Å². The van der Waals surface area contributed by atoms with Gasteiger partial charge in [0.1, 0.15) is 5.01 Å². The zero-order valence-electron chi connectivity index (χ0n) is 13.6. The van der Waals surface area contributed by atoms with E-state index < -0.39 is 0 Å². The summed E-state index contributed by atoms with van der Waals surface area (Å²) in [4.78, 5) is 6.57. The molecule has 114 valence electrons. The Morgan fingerprint density at radius 2 is 2.05 bits per heavy atom. The zero-order chi connectivity index (χ0) is 14.6. The normalized spacial score (nSPS) is 18.1. The summed E-state index contributed by atoms with van der Waals surface area (Å²) in [6.07, 6.45) is 8.75. The number of nitrogens with zero attached hydrogens (tertiary/aromatic N) is 1. The highest BCUT2D eigenvalue weighted by molar-refractivity contribution is 7.11. The van der Waals surface area contributed by atoms with E-state index in [1.165, 1.54) is 55.6 Å². The fourth-order valence-corrected chi connectivity index (χ4v) is 4.14. The molecule has 0 radical (unpaired) electrons. The van der Waals surface area contributed by atoms with E-state index in [0.717, 1.165) is 12.5 Å². The highest BCUT2D eigenvalue weighted by Gasteiger charge is 2.31. The first-order valence-corrected chi connectivity index (χ1v) is 9.11. The van der Waals surface area contributed by atoms with Crippen LogP contribution < -0.4 is 5.32 Å². The predicted molar refractivity (Wildman–Crippen MR) is 88.5 cm³/mol. The minimum absolute atomic E-state index is 0.0717. The molecule has 20 heavy (non-hydrogen) atoms. The monoisotopic (exact) mass is 294 g/mol. The summed E-state index contributed by atoms with van der Waals surface area (Å²) in [5, 5.41) is 5.11. The van der Waals surface area contributed by atoms with Gasteiger partial charge in [-0.2, -0.15) is 0 Å². The lowest BCUT2D eigenvalue weighted by Crippen LogP contribution is -2.40. The average molecular weight is 295 g/mol. The van der Waals surface area contributed by atoms with Crippen LogP contribution in [0.4, 0.5) is 0 Å². The summed E-state index contributed by atoms with van der Waals surface area (Å²) in [5.41, 5.74) is 1.47. The highest BCUT2D eigenvalue weighted by Crippen LogP contribution is 2.35. The first kappa shape index (κ1) is 16.0. The fraction of sp³-hybridized carbons (Fsp3) is 0.824. The van der Waals surface area contributed by atoms with Crippen LogP contribution in [0.15, 0.2) is 0 Å². The molecule has 0 spiro atoms. The first-order chi connectivity index (χ1) is 9.55. The third kappa shape index (κ3) is 3.82. The van der Waals surface area contributed by atoms with Gasteiger partial charge in [0.25, 0.3) is 0 Å². The molecule has 1 atom stereocenters. The Hall–Kier alpha value is -0.410. The molecule has 0 saturated heterocycles. The number of nitrogens with one attached hydrogen (secondary N) is 1. The maximum atomic E-state index is 5.01.